The minimum absolute atomic E-state index is 0.00864. The van der Waals surface area contributed by atoms with Crippen molar-refractivity contribution in [2.24, 2.45) is 0 Å². The average Bonchev–Trinajstić information content (AvgIpc) is 2.84. The van der Waals surface area contributed by atoms with Crippen LogP contribution in [0.4, 0.5) is 5.69 Å². The van der Waals surface area contributed by atoms with Gasteiger partial charge in [-0.25, -0.2) is 0 Å². The molecular weight excluding hydrogens is 370 g/mol. The van der Waals surface area contributed by atoms with Gasteiger partial charge < -0.3 is 14.6 Å². The van der Waals surface area contributed by atoms with Crippen molar-refractivity contribution >= 4 is 34.4 Å². The van der Waals surface area contributed by atoms with Gasteiger partial charge in [0.2, 0.25) is 5.91 Å². The van der Waals surface area contributed by atoms with Crippen LogP contribution >= 0.6 is 11.6 Å². The van der Waals surface area contributed by atoms with E-state index in [1.807, 2.05) is 32.0 Å². The summed E-state index contributed by atoms with van der Waals surface area (Å²) in [6.07, 6.45) is 1.63. The van der Waals surface area contributed by atoms with E-state index in [1.165, 1.54) is 0 Å². The number of unbranched alkanes of at least 4 members (excludes halogenated alkanes) is 1. The summed E-state index contributed by atoms with van der Waals surface area (Å²) >= 11 is 4.83. The molecule has 0 saturated heterocycles. The molecule has 2 aromatic carbocycles. The van der Waals surface area contributed by atoms with Gasteiger partial charge in [-0.2, -0.15) is 0 Å². The Bertz CT molecular complexity index is 792. The number of hydrogen-bond donors (Lipinski definition) is 1. The van der Waals surface area contributed by atoms with E-state index in [-0.39, 0.29) is 5.91 Å². The van der Waals surface area contributed by atoms with Crippen molar-refractivity contribution < 1.29 is 14.1 Å². The number of hydrogen-bond acceptors (Lipinski definition) is 3. The van der Waals surface area contributed by atoms with Crippen LogP contribution in [0.25, 0.3) is 0 Å². The number of carbonyl (C=O) groups is 1. The molecular formula is C20H22ClNO3S. The molecule has 1 atom stereocenters. The average molecular weight is 392 g/mol. The maximum absolute atomic E-state index is 12.2. The first kappa shape index (κ1) is 19.1. The number of fused-ring (bicyclic) bond motifs is 1. The van der Waals surface area contributed by atoms with Gasteiger partial charge in [-0.3, -0.25) is 4.79 Å². The van der Waals surface area contributed by atoms with Crippen molar-refractivity contribution in [2.45, 2.75) is 37.0 Å². The summed E-state index contributed by atoms with van der Waals surface area (Å²) in [5.74, 6) is 1.36. The van der Waals surface area contributed by atoms with Crippen LogP contribution in [0, 0.1) is 0 Å². The Morgan fingerprint density at radius 2 is 1.88 bits per heavy atom. The fourth-order valence-corrected chi connectivity index (χ4v) is 4.14. The third kappa shape index (κ3) is 4.17. The smallest absolute Gasteiger partial charge is 0.234 e. The number of ether oxygens (including phenoxy) is 1. The van der Waals surface area contributed by atoms with Gasteiger partial charge in [-0.15, -0.1) is 0 Å². The molecule has 4 nitrogen and oxygen atoms in total. The Labute approximate surface area is 162 Å². The molecule has 0 bridgehead atoms. The quantitative estimate of drug-likeness (QED) is 0.556. The summed E-state index contributed by atoms with van der Waals surface area (Å²) in [4.78, 5) is 12.8. The fraction of sp³-hybridized carbons (Fsp3) is 0.350. The zero-order valence-corrected chi connectivity index (χ0v) is 16.5. The van der Waals surface area contributed by atoms with E-state index >= 15 is 0 Å². The van der Waals surface area contributed by atoms with Crippen LogP contribution < -0.4 is 10.1 Å². The molecule has 1 unspecified atom stereocenters. The van der Waals surface area contributed by atoms with Crippen molar-refractivity contribution in [2.75, 3.05) is 17.7 Å². The van der Waals surface area contributed by atoms with Gasteiger partial charge in [0.05, 0.1) is 12.0 Å². The van der Waals surface area contributed by atoms with Crippen LogP contribution in [-0.2, 0) is 21.4 Å². The number of amides is 1. The van der Waals surface area contributed by atoms with Crippen molar-refractivity contribution in [3.8, 4) is 5.75 Å². The molecule has 2 aromatic rings. The summed E-state index contributed by atoms with van der Waals surface area (Å²) in [5, 5.41) is 3.53. The van der Waals surface area contributed by atoms with Crippen molar-refractivity contribution in [3.63, 3.8) is 0 Å². The zero-order chi connectivity index (χ0) is 18.7. The van der Waals surface area contributed by atoms with Crippen LogP contribution in [0.2, 0.25) is 5.02 Å². The molecule has 1 N–H and O–H groups in total. The third-order valence-corrected chi connectivity index (χ3v) is 6.26. The van der Waals surface area contributed by atoms with Gasteiger partial charge in [-0.05, 0) is 85.9 Å². The molecule has 0 radical (unpaired) electrons. The minimum Gasteiger partial charge on any atom is -0.611 e. The lowest BCUT2D eigenvalue weighted by atomic mass is 9.86. The number of nitrogens with one attached hydrogen (secondary N) is 1. The van der Waals surface area contributed by atoms with Crippen LogP contribution in [0.3, 0.4) is 0 Å². The Balaban J connectivity index is 1.45. The Morgan fingerprint density at radius 1 is 1.15 bits per heavy atom. The summed E-state index contributed by atoms with van der Waals surface area (Å²) in [7, 11) is 0. The van der Waals surface area contributed by atoms with E-state index in [1.54, 1.807) is 24.3 Å². The second kappa shape index (κ2) is 7.91. The molecule has 0 aromatic heterocycles. The highest BCUT2D eigenvalue weighted by Crippen LogP contribution is 2.39. The lowest BCUT2D eigenvalue weighted by molar-refractivity contribution is -0.119. The van der Waals surface area contributed by atoms with E-state index in [0.29, 0.717) is 17.4 Å². The summed E-state index contributed by atoms with van der Waals surface area (Å²) < 4.78 is 18.0. The zero-order valence-electron chi connectivity index (χ0n) is 14.9. The fourth-order valence-electron chi connectivity index (χ4n) is 2.87. The number of carbonyl (C=O) groups excluding carboxylic acids is 1. The van der Waals surface area contributed by atoms with Crippen LogP contribution in [0.1, 0.15) is 32.3 Å². The molecule has 26 heavy (non-hydrogen) atoms. The van der Waals surface area contributed by atoms with Crippen LogP contribution in [0.15, 0.2) is 47.4 Å². The van der Waals surface area contributed by atoms with E-state index in [9.17, 15) is 9.35 Å². The Kier molecular flexibility index (Phi) is 5.80. The van der Waals surface area contributed by atoms with Crippen LogP contribution in [-0.4, -0.2) is 22.8 Å². The number of rotatable bonds is 7. The second-order valence-corrected chi connectivity index (χ2v) is 8.85. The van der Waals surface area contributed by atoms with Gasteiger partial charge in [0.15, 0.2) is 4.90 Å². The lowest BCUT2D eigenvalue weighted by Gasteiger charge is -2.16. The van der Waals surface area contributed by atoms with Gasteiger partial charge in [0.25, 0.3) is 0 Å². The molecule has 1 heterocycles. The molecule has 1 amide bonds. The molecule has 0 saturated carbocycles. The van der Waals surface area contributed by atoms with Crippen LogP contribution in [0.5, 0.6) is 5.75 Å². The lowest BCUT2D eigenvalue weighted by Crippen LogP contribution is -2.26. The highest BCUT2D eigenvalue weighted by atomic mass is 35.5. The van der Waals surface area contributed by atoms with Gasteiger partial charge in [0, 0.05) is 10.7 Å². The first-order chi connectivity index (χ1) is 12.4. The number of anilines is 1. The van der Waals surface area contributed by atoms with E-state index < -0.39 is 16.6 Å². The Hall–Kier alpha value is -1.69. The molecule has 0 aliphatic carbocycles. The number of benzene rings is 2. The molecule has 0 spiro atoms. The monoisotopic (exact) mass is 391 g/mol. The first-order valence-corrected chi connectivity index (χ1v) is 10.3. The van der Waals surface area contributed by atoms with Crippen molar-refractivity contribution in [3.05, 3.63) is 53.1 Å². The predicted octanol–water partition coefficient (Wildman–Crippen LogP) is 4.54. The minimum atomic E-state index is -1.01. The molecule has 6 heteroatoms. The topological polar surface area (TPSA) is 61.4 Å². The summed E-state index contributed by atoms with van der Waals surface area (Å²) in [6, 6.07) is 12.8. The highest BCUT2D eigenvalue weighted by molar-refractivity contribution is 7.91. The highest BCUT2D eigenvalue weighted by Gasteiger charge is 2.38. The largest absolute Gasteiger partial charge is 0.611 e. The molecule has 3 rings (SSSR count). The summed E-state index contributed by atoms with van der Waals surface area (Å²) in [5.41, 5.74) is 1.28. The maximum atomic E-state index is 12.2. The molecule has 1 aliphatic rings. The van der Waals surface area contributed by atoms with Gasteiger partial charge in [0.1, 0.15) is 11.5 Å². The third-order valence-electron chi connectivity index (χ3n) is 4.55. The number of halogens is 1. The van der Waals surface area contributed by atoms with Gasteiger partial charge >= 0.3 is 0 Å². The van der Waals surface area contributed by atoms with E-state index in [2.05, 4.69) is 5.32 Å². The maximum Gasteiger partial charge on any atom is 0.234 e. The standard InChI is InChI=1S/C20H22ClNO3S/c1-20(2)17-13-15(7-10-18(17)22-19(20)23)25-11-3-4-12-26(24)16-8-5-14(21)6-9-16/h5-10,13H,3-4,11-12H2,1-2H3,(H,22,23). The normalized spacial score (nSPS) is 16.1. The van der Waals surface area contributed by atoms with Gasteiger partial charge in [-0.1, -0.05) is 11.6 Å². The van der Waals surface area contributed by atoms with E-state index in [4.69, 9.17) is 16.3 Å². The molecule has 138 valence electrons. The first-order valence-electron chi connectivity index (χ1n) is 8.60. The SMILES string of the molecule is CC1(C)C(=O)Nc2ccc(OCCCC[S+]([O-])c3ccc(Cl)cc3)cc21. The Morgan fingerprint density at radius 3 is 2.62 bits per heavy atom. The molecule has 1 aliphatic heterocycles. The van der Waals surface area contributed by atoms with E-state index in [0.717, 1.165) is 34.7 Å². The second-order valence-electron chi connectivity index (χ2n) is 6.85. The molecule has 0 fully saturated rings. The predicted molar refractivity (Wildman–Crippen MR) is 106 cm³/mol. The summed E-state index contributed by atoms with van der Waals surface area (Å²) in [6.45, 7) is 4.37. The van der Waals surface area contributed by atoms with Crippen molar-refractivity contribution in [1.29, 1.82) is 0 Å². The van der Waals surface area contributed by atoms with Crippen molar-refractivity contribution in [1.82, 2.24) is 0 Å².